The molecule has 4 heteroatoms. The summed E-state index contributed by atoms with van der Waals surface area (Å²) < 4.78 is 0. The number of carbonyl (C=O) groups is 2. The number of hydrogen-bond acceptors (Lipinski definition) is 4. The molecule has 0 atom stereocenters. The topological polar surface area (TPSA) is 86.2 Å². The van der Waals surface area contributed by atoms with Crippen LogP contribution in [-0.4, -0.2) is 22.6 Å². The maximum atomic E-state index is 13.3. The summed E-state index contributed by atoms with van der Waals surface area (Å²) in [6.45, 7) is 7.76. The Bertz CT molecular complexity index is 1020. The van der Waals surface area contributed by atoms with Gasteiger partial charge >= 0.3 is 0 Å². The Hall–Kier alpha value is -2.56. The number of benzene rings is 3. The molecule has 158 valence electrons. The standard InChI is InChI=1S/C26H32N2O2/c1-5-25(27,6-2)23(29)19-13-9-11-17-15-18-12-10-14-20(22(18)16-21(17)19)24(30)26(28,7-3)8-4/h9-16H,5-8,27-28H2,1-4H3. The Morgan fingerprint density at radius 3 is 1.37 bits per heavy atom. The minimum absolute atomic E-state index is 0.0588. The highest BCUT2D eigenvalue weighted by Gasteiger charge is 2.33. The zero-order valence-electron chi connectivity index (χ0n) is 18.4. The van der Waals surface area contributed by atoms with Crippen LogP contribution in [0.2, 0.25) is 0 Å². The fourth-order valence-electron chi connectivity index (χ4n) is 4.13. The normalized spacial score (nSPS) is 12.5. The maximum Gasteiger partial charge on any atom is 0.183 e. The third-order valence-corrected chi connectivity index (χ3v) is 6.80. The molecule has 0 fully saturated rings. The largest absolute Gasteiger partial charge is 0.319 e. The van der Waals surface area contributed by atoms with Crippen molar-refractivity contribution in [2.24, 2.45) is 11.5 Å². The fourth-order valence-corrected chi connectivity index (χ4v) is 4.13. The Balaban J connectivity index is 2.29. The number of fused-ring (bicyclic) bond motifs is 2. The molecule has 0 aliphatic carbocycles. The molecule has 3 aromatic carbocycles. The van der Waals surface area contributed by atoms with E-state index in [9.17, 15) is 9.59 Å². The van der Waals surface area contributed by atoms with Crippen molar-refractivity contribution in [1.82, 2.24) is 0 Å². The molecule has 0 spiro atoms. The molecule has 0 aromatic heterocycles. The summed E-state index contributed by atoms with van der Waals surface area (Å²) in [6.07, 6.45) is 2.27. The van der Waals surface area contributed by atoms with E-state index in [1.165, 1.54) is 0 Å². The van der Waals surface area contributed by atoms with Crippen molar-refractivity contribution in [3.63, 3.8) is 0 Å². The van der Waals surface area contributed by atoms with Gasteiger partial charge in [0, 0.05) is 11.1 Å². The van der Waals surface area contributed by atoms with Crippen LogP contribution in [0.4, 0.5) is 0 Å². The Morgan fingerprint density at radius 2 is 1.03 bits per heavy atom. The first-order valence-electron chi connectivity index (χ1n) is 10.9. The van der Waals surface area contributed by atoms with Gasteiger partial charge in [-0.25, -0.2) is 0 Å². The predicted octanol–water partition coefficient (Wildman–Crippen LogP) is 5.39. The first kappa shape index (κ1) is 22.1. The second-order valence-corrected chi connectivity index (χ2v) is 8.29. The molecule has 3 rings (SSSR count). The van der Waals surface area contributed by atoms with Crippen LogP contribution >= 0.6 is 0 Å². The van der Waals surface area contributed by atoms with Crippen molar-refractivity contribution in [1.29, 1.82) is 0 Å². The van der Waals surface area contributed by atoms with Crippen LogP contribution in [-0.2, 0) is 0 Å². The smallest absolute Gasteiger partial charge is 0.183 e. The lowest BCUT2D eigenvalue weighted by molar-refractivity contribution is 0.0875. The van der Waals surface area contributed by atoms with Gasteiger partial charge in [-0.1, -0.05) is 64.1 Å². The molecule has 0 heterocycles. The first-order valence-corrected chi connectivity index (χ1v) is 10.9. The molecule has 4 N–H and O–H groups in total. The van der Waals surface area contributed by atoms with Gasteiger partial charge in [0.15, 0.2) is 11.6 Å². The molecule has 4 nitrogen and oxygen atoms in total. The number of ketones is 2. The van der Waals surface area contributed by atoms with Gasteiger partial charge in [-0.3, -0.25) is 9.59 Å². The van der Waals surface area contributed by atoms with E-state index in [1.54, 1.807) is 0 Å². The molecule has 0 saturated carbocycles. The summed E-state index contributed by atoms with van der Waals surface area (Å²) >= 11 is 0. The average Bonchev–Trinajstić information content (AvgIpc) is 2.79. The van der Waals surface area contributed by atoms with E-state index < -0.39 is 11.1 Å². The summed E-state index contributed by atoms with van der Waals surface area (Å²) in [5.74, 6) is -0.118. The highest BCUT2D eigenvalue weighted by atomic mass is 16.1. The number of nitrogens with two attached hydrogens (primary N) is 2. The molecule has 0 aliphatic heterocycles. The molecule has 0 saturated heterocycles. The van der Waals surface area contributed by atoms with E-state index in [1.807, 2.05) is 76.2 Å². The van der Waals surface area contributed by atoms with Gasteiger partial charge in [-0.05, 0) is 59.4 Å². The molecule has 0 bridgehead atoms. The summed E-state index contributed by atoms with van der Waals surface area (Å²) in [5, 5.41) is 3.56. The number of hydrogen-bond donors (Lipinski definition) is 2. The molecule has 0 aliphatic rings. The van der Waals surface area contributed by atoms with Gasteiger partial charge in [0.2, 0.25) is 0 Å². The fraction of sp³-hybridized carbons (Fsp3) is 0.385. The summed E-state index contributed by atoms with van der Waals surface area (Å²) in [4.78, 5) is 26.7. The molecule has 0 radical (unpaired) electrons. The van der Waals surface area contributed by atoms with Crippen LogP contribution < -0.4 is 11.5 Å². The third-order valence-electron chi connectivity index (χ3n) is 6.80. The van der Waals surface area contributed by atoms with E-state index in [4.69, 9.17) is 11.5 Å². The van der Waals surface area contributed by atoms with Crippen molar-refractivity contribution in [3.05, 3.63) is 59.7 Å². The highest BCUT2D eigenvalue weighted by Crippen LogP contribution is 2.32. The Morgan fingerprint density at radius 1 is 0.667 bits per heavy atom. The van der Waals surface area contributed by atoms with Gasteiger partial charge in [0.1, 0.15) is 0 Å². The molecule has 0 amide bonds. The van der Waals surface area contributed by atoms with Gasteiger partial charge in [-0.2, -0.15) is 0 Å². The van der Waals surface area contributed by atoms with Gasteiger partial charge in [0.05, 0.1) is 11.1 Å². The molecular weight excluding hydrogens is 372 g/mol. The minimum atomic E-state index is -0.893. The zero-order chi connectivity index (χ0) is 22.1. The third kappa shape index (κ3) is 3.55. The van der Waals surface area contributed by atoms with E-state index in [0.29, 0.717) is 36.8 Å². The lowest BCUT2D eigenvalue weighted by atomic mass is 9.82. The monoisotopic (exact) mass is 404 g/mol. The van der Waals surface area contributed by atoms with Crippen LogP contribution in [0.1, 0.15) is 74.1 Å². The molecule has 3 aromatic rings. The Labute approximate surface area is 178 Å². The van der Waals surface area contributed by atoms with Crippen molar-refractivity contribution in [2.75, 3.05) is 0 Å². The van der Waals surface area contributed by atoms with Crippen LogP contribution in [0.3, 0.4) is 0 Å². The van der Waals surface area contributed by atoms with E-state index in [0.717, 1.165) is 21.5 Å². The van der Waals surface area contributed by atoms with Crippen LogP contribution in [0, 0.1) is 0 Å². The summed E-state index contributed by atoms with van der Waals surface area (Å²) in [5.41, 5.74) is 12.3. The van der Waals surface area contributed by atoms with E-state index >= 15 is 0 Å². The van der Waals surface area contributed by atoms with Crippen molar-refractivity contribution < 1.29 is 9.59 Å². The molecule has 30 heavy (non-hydrogen) atoms. The van der Waals surface area contributed by atoms with Crippen LogP contribution in [0.25, 0.3) is 21.5 Å². The first-order chi connectivity index (χ1) is 14.2. The van der Waals surface area contributed by atoms with Gasteiger partial charge in [-0.15, -0.1) is 0 Å². The van der Waals surface area contributed by atoms with Gasteiger partial charge in [0.25, 0.3) is 0 Å². The van der Waals surface area contributed by atoms with E-state index in [2.05, 4.69) is 0 Å². The average molecular weight is 405 g/mol. The summed E-state index contributed by atoms with van der Waals surface area (Å²) in [7, 11) is 0. The molecular formula is C26H32N2O2. The zero-order valence-corrected chi connectivity index (χ0v) is 18.4. The molecule has 0 unspecified atom stereocenters. The predicted molar refractivity (Wildman–Crippen MR) is 125 cm³/mol. The van der Waals surface area contributed by atoms with Crippen molar-refractivity contribution in [2.45, 2.75) is 64.5 Å². The number of carbonyl (C=O) groups excluding carboxylic acids is 2. The highest BCUT2D eigenvalue weighted by molar-refractivity contribution is 6.18. The minimum Gasteiger partial charge on any atom is -0.319 e. The number of rotatable bonds is 8. The quantitative estimate of drug-likeness (QED) is 0.389. The van der Waals surface area contributed by atoms with E-state index in [-0.39, 0.29) is 11.6 Å². The van der Waals surface area contributed by atoms with Crippen molar-refractivity contribution in [3.8, 4) is 0 Å². The van der Waals surface area contributed by atoms with Gasteiger partial charge < -0.3 is 11.5 Å². The van der Waals surface area contributed by atoms with Crippen LogP contribution in [0.5, 0.6) is 0 Å². The number of Topliss-reactive ketones (excluding diaryl/α,β-unsaturated/α-hetero) is 2. The van der Waals surface area contributed by atoms with Crippen molar-refractivity contribution >= 4 is 33.1 Å². The second kappa shape index (κ2) is 8.29. The lowest BCUT2D eigenvalue weighted by Gasteiger charge is -2.26. The summed E-state index contributed by atoms with van der Waals surface area (Å²) in [6, 6.07) is 15.4. The Kier molecular flexibility index (Phi) is 6.11. The lowest BCUT2D eigenvalue weighted by Crippen LogP contribution is -2.47. The second-order valence-electron chi connectivity index (χ2n) is 8.29. The SMILES string of the molecule is CCC(N)(CC)C(=O)c1cccc2cc3cccc(C(=O)C(N)(CC)CC)c3cc12. The van der Waals surface area contributed by atoms with Crippen LogP contribution in [0.15, 0.2) is 48.5 Å². The maximum absolute atomic E-state index is 13.3.